The summed E-state index contributed by atoms with van der Waals surface area (Å²) in [4.78, 5) is 13.8. The number of carbonyl (C=O) groups is 1. The Morgan fingerprint density at radius 2 is 1.77 bits per heavy atom. The molecule has 3 rings (SSSR count). The third-order valence-electron chi connectivity index (χ3n) is 3.88. The molecule has 0 saturated heterocycles. The van der Waals surface area contributed by atoms with Crippen LogP contribution in [0.4, 0.5) is 4.39 Å². The van der Waals surface area contributed by atoms with E-state index in [1.807, 2.05) is 0 Å². The van der Waals surface area contributed by atoms with Crippen molar-refractivity contribution in [2.45, 2.75) is 11.8 Å². The van der Waals surface area contributed by atoms with Gasteiger partial charge in [-0.3, -0.25) is 4.79 Å². The molecule has 0 radical (unpaired) electrons. The highest BCUT2D eigenvalue weighted by Crippen LogP contribution is 2.19. The van der Waals surface area contributed by atoms with E-state index in [1.165, 1.54) is 24.3 Å². The number of nitrogens with zero attached hydrogens (tertiary/aromatic N) is 3. The van der Waals surface area contributed by atoms with Gasteiger partial charge in [-0.2, -0.15) is 0 Å². The first-order valence-electron chi connectivity index (χ1n) is 8.95. The molecule has 0 spiro atoms. The summed E-state index contributed by atoms with van der Waals surface area (Å²) in [7, 11) is 1.70. The third kappa shape index (κ3) is 6.93. The maximum Gasteiger partial charge on any atom is 0.277 e. The molecule has 0 aliphatic carbocycles. The SMILES string of the molecule is CN(CCOc1ccc(Cl)cc1)C(=O)CSc1nnc(COc2ccc(F)cc2)o1. The largest absolute Gasteiger partial charge is 0.492 e. The van der Waals surface area contributed by atoms with E-state index in [0.717, 1.165) is 11.8 Å². The van der Waals surface area contributed by atoms with Crippen LogP contribution in [0.5, 0.6) is 11.5 Å². The summed E-state index contributed by atoms with van der Waals surface area (Å²) >= 11 is 6.97. The van der Waals surface area contributed by atoms with Crippen LogP contribution in [0.2, 0.25) is 5.02 Å². The first kappa shape index (κ1) is 21.9. The molecule has 10 heteroatoms. The summed E-state index contributed by atoms with van der Waals surface area (Å²) in [6.07, 6.45) is 0. The number of likely N-dealkylation sites (N-methyl/N-ethyl adjacent to an activating group) is 1. The molecule has 0 bridgehead atoms. The van der Waals surface area contributed by atoms with Crippen LogP contribution in [-0.2, 0) is 11.4 Å². The number of hydrogen-bond donors (Lipinski definition) is 0. The van der Waals surface area contributed by atoms with Crippen LogP contribution in [0.15, 0.2) is 58.2 Å². The molecule has 7 nitrogen and oxygen atoms in total. The van der Waals surface area contributed by atoms with Crippen LogP contribution < -0.4 is 9.47 Å². The van der Waals surface area contributed by atoms with Gasteiger partial charge in [0.25, 0.3) is 11.1 Å². The lowest BCUT2D eigenvalue weighted by Gasteiger charge is -2.16. The van der Waals surface area contributed by atoms with Crippen LogP contribution in [0.3, 0.4) is 0 Å². The van der Waals surface area contributed by atoms with Crippen molar-refractivity contribution < 1.29 is 23.1 Å². The third-order valence-corrected chi connectivity index (χ3v) is 4.93. The van der Waals surface area contributed by atoms with Crippen LogP contribution in [0.1, 0.15) is 5.89 Å². The molecular formula is C20H19ClFN3O4S. The van der Waals surface area contributed by atoms with Crippen LogP contribution >= 0.6 is 23.4 Å². The molecule has 0 unspecified atom stereocenters. The number of benzene rings is 2. The summed E-state index contributed by atoms with van der Waals surface area (Å²) in [5.74, 6) is 1.15. The molecule has 1 amide bonds. The summed E-state index contributed by atoms with van der Waals surface area (Å²) in [6, 6.07) is 12.6. The fourth-order valence-electron chi connectivity index (χ4n) is 2.22. The quantitative estimate of drug-likeness (QED) is 0.430. The molecule has 0 N–H and O–H groups in total. The first-order valence-corrected chi connectivity index (χ1v) is 10.3. The Balaban J connectivity index is 1.36. The van der Waals surface area contributed by atoms with Gasteiger partial charge in [0, 0.05) is 12.1 Å². The van der Waals surface area contributed by atoms with E-state index < -0.39 is 0 Å². The molecule has 158 valence electrons. The maximum absolute atomic E-state index is 12.9. The molecule has 1 heterocycles. The van der Waals surface area contributed by atoms with E-state index in [2.05, 4.69) is 10.2 Å². The van der Waals surface area contributed by atoms with E-state index in [0.29, 0.717) is 29.7 Å². The van der Waals surface area contributed by atoms with E-state index in [4.69, 9.17) is 25.5 Å². The smallest absolute Gasteiger partial charge is 0.277 e. The zero-order chi connectivity index (χ0) is 21.3. The van der Waals surface area contributed by atoms with Crippen LogP contribution in [0, 0.1) is 5.82 Å². The lowest BCUT2D eigenvalue weighted by Crippen LogP contribution is -2.32. The van der Waals surface area contributed by atoms with Gasteiger partial charge >= 0.3 is 0 Å². The number of ether oxygens (including phenoxy) is 2. The van der Waals surface area contributed by atoms with E-state index in [1.54, 1.807) is 36.2 Å². The van der Waals surface area contributed by atoms with Crippen molar-refractivity contribution in [3.8, 4) is 11.5 Å². The van der Waals surface area contributed by atoms with Gasteiger partial charge in [0.15, 0.2) is 6.61 Å². The molecule has 0 atom stereocenters. The highest BCUT2D eigenvalue weighted by Gasteiger charge is 2.13. The Morgan fingerprint density at radius 3 is 2.50 bits per heavy atom. The monoisotopic (exact) mass is 451 g/mol. The fraction of sp³-hybridized carbons (Fsp3) is 0.250. The van der Waals surface area contributed by atoms with Gasteiger partial charge in [0.2, 0.25) is 5.91 Å². The Morgan fingerprint density at radius 1 is 1.10 bits per heavy atom. The molecule has 3 aromatic rings. The Labute approximate surface area is 182 Å². The summed E-state index contributed by atoms with van der Waals surface area (Å²) < 4.78 is 29.3. The van der Waals surface area contributed by atoms with Gasteiger partial charge in [-0.05, 0) is 48.5 Å². The molecule has 0 saturated carbocycles. The van der Waals surface area contributed by atoms with Gasteiger partial charge in [0.1, 0.15) is 23.9 Å². The number of thioether (sulfide) groups is 1. The van der Waals surface area contributed by atoms with Crippen LogP contribution in [-0.4, -0.2) is 47.0 Å². The molecule has 2 aromatic carbocycles. The predicted molar refractivity (Wildman–Crippen MR) is 110 cm³/mol. The van der Waals surface area contributed by atoms with Gasteiger partial charge in [-0.15, -0.1) is 10.2 Å². The predicted octanol–water partition coefficient (Wildman–Crippen LogP) is 4.07. The molecule has 0 aliphatic heterocycles. The second kappa shape index (κ2) is 10.8. The first-order chi connectivity index (χ1) is 14.5. The van der Waals surface area contributed by atoms with Gasteiger partial charge < -0.3 is 18.8 Å². The van der Waals surface area contributed by atoms with Crippen molar-refractivity contribution in [1.82, 2.24) is 15.1 Å². The zero-order valence-electron chi connectivity index (χ0n) is 16.1. The Kier molecular flexibility index (Phi) is 7.92. The number of amides is 1. The number of hydrogen-bond acceptors (Lipinski definition) is 7. The second-order valence-electron chi connectivity index (χ2n) is 6.11. The molecular weight excluding hydrogens is 433 g/mol. The van der Waals surface area contributed by atoms with E-state index in [-0.39, 0.29) is 35.2 Å². The molecule has 0 fully saturated rings. The highest BCUT2D eigenvalue weighted by molar-refractivity contribution is 7.99. The van der Waals surface area contributed by atoms with E-state index in [9.17, 15) is 9.18 Å². The molecule has 30 heavy (non-hydrogen) atoms. The normalized spacial score (nSPS) is 10.6. The van der Waals surface area contributed by atoms with Gasteiger partial charge in [0.05, 0.1) is 12.3 Å². The van der Waals surface area contributed by atoms with Gasteiger partial charge in [-0.1, -0.05) is 23.4 Å². The molecule has 1 aromatic heterocycles. The molecule has 0 aliphatic rings. The second-order valence-corrected chi connectivity index (χ2v) is 7.47. The minimum Gasteiger partial charge on any atom is -0.492 e. The average molecular weight is 452 g/mol. The minimum absolute atomic E-state index is 0.0507. The van der Waals surface area contributed by atoms with E-state index >= 15 is 0 Å². The number of rotatable bonds is 10. The number of halogens is 2. The summed E-state index contributed by atoms with van der Waals surface area (Å²) in [5, 5.41) is 8.66. The van der Waals surface area contributed by atoms with Crippen molar-refractivity contribution in [3.05, 3.63) is 65.3 Å². The van der Waals surface area contributed by atoms with Crippen molar-refractivity contribution >= 4 is 29.3 Å². The van der Waals surface area contributed by atoms with Crippen molar-refractivity contribution in [3.63, 3.8) is 0 Å². The number of carbonyl (C=O) groups excluding carboxylic acids is 1. The Bertz CT molecular complexity index is 953. The maximum atomic E-state index is 12.9. The lowest BCUT2D eigenvalue weighted by atomic mass is 10.3. The summed E-state index contributed by atoms with van der Waals surface area (Å²) in [6.45, 7) is 0.845. The standard InChI is InChI=1S/C20H19ClFN3O4S/c1-25(10-11-27-16-6-2-14(21)3-7-16)19(26)13-30-20-24-23-18(29-20)12-28-17-8-4-15(22)5-9-17/h2-9H,10-13H2,1H3. The summed E-state index contributed by atoms with van der Waals surface area (Å²) in [5.41, 5.74) is 0. The van der Waals surface area contributed by atoms with Crippen molar-refractivity contribution in [2.75, 3.05) is 26.0 Å². The highest BCUT2D eigenvalue weighted by atomic mass is 35.5. The van der Waals surface area contributed by atoms with Crippen molar-refractivity contribution in [2.24, 2.45) is 0 Å². The average Bonchev–Trinajstić information content (AvgIpc) is 3.21. The van der Waals surface area contributed by atoms with Crippen molar-refractivity contribution in [1.29, 1.82) is 0 Å². The number of aromatic nitrogens is 2. The minimum atomic E-state index is -0.343. The Hall–Kier alpha value is -2.78. The van der Waals surface area contributed by atoms with Gasteiger partial charge in [-0.25, -0.2) is 4.39 Å². The lowest BCUT2D eigenvalue weighted by molar-refractivity contribution is -0.127. The topological polar surface area (TPSA) is 77.7 Å². The van der Waals surface area contributed by atoms with Crippen LogP contribution in [0.25, 0.3) is 0 Å². The zero-order valence-corrected chi connectivity index (χ0v) is 17.7. The fourth-order valence-corrected chi connectivity index (χ4v) is 3.07.